The van der Waals surface area contributed by atoms with Crippen molar-refractivity contribution in [3.63, 3.8) is 0 Å². The van der Waals surface area contributed by atoms with Crippen LogP contribution in [0.2, 0.25) is 0 Å². The quantitative estimate of drug-likeness (QED) is 0.893. The van der Waals surface area contributed by atoms with Gasteiger partial charge in [-0.05, 0) is 30.3 Å². The summed E-state index contributed by atoms with van der Waals surface area (Å²) in [5, 5.41) is 11.8. The molecule has 0 heterocycles. The Bertz CT molecular complexity index is 669. The topological polar surface area (TPSA) is 58.6 Å². The summed E-state index contributed by atoms with van der Waals surface area (Å²) in [7, 11) is 1.47. The van der Waals surface area contributed by atoms with E-state index in [0.717, 1.165) is 12.1 Å². The van der Waals surface area contributed by atoms with E-state index in [2.05, 4.69) is 5.32 Å². The van der Waals surface area contributed by atoms with E-state index in [1.807, 2.05) is 0 Å². The van der Waals surface area contributed by atoms with Gasteiger partial charge in [0.1, 0.15) is 17.4 Å². The SMILES string of the molecule is COc1ccc(NC(=O)Cc2c(F)cccc2F)cc1CO. The Morgan fingerprint density at radius 1 is 1.23 bits per heavy atom. The lowest BCUT2D eigenvalue weighted by Gasteiger charge is -2.10. The van der Waals surface area contributed by atoms with Crippen LogP contribution in [0.4, 0.5) is 14.5 Å². The van der Waals surface area contributed by atoms with Crippen molar-refractivity contribution >= 4 is 11.6 Å². The van der Waals surface area contributed by atoms with Crippen LogP contribution < -0.4 is 10.1 Å². The van der Waals surface area contributed by atoms with Crippen LogP contribution >= 0.6 is 0 Å². The molecule has 0 saturated heterocycles. The van der Waals surface area contributed by atoms with Gasteiger partial charge in [-0.25, -0.2) is 8.78 Å². The van der Waals surface area contributed by atoms with Crippen molar-refractivity contribution in [2.45, 2.75) is 13.0 Å². The molecule has 116 valence electrons. The normalized spacial score (nSPS) is 10.4. The summed E-state index contributed by atoms with van der Waals surface area (Å²) < 4.78 is 32.0. The third kappa shape index (κ3) is 3.59. The van der Waals surface area contributed by atoms with Gasteiger partial charge in [0.2, 0.25) is 5.91 Å². The van der Waals surface area contributed by atoms with Crippen molar-refractivity contribution < 1.29 is 23.4 Å². The summed E-state index contributed by atoms with van der Waals surface area (Å²) in [5.41, 5.74) is 0.625. The molecule has 0 aromatic heterocycles. The van der Waals surface area contributed by atoms with Crippen molar-refractivity contribution in [2.75, 3.05) is 12.4 Å². The molecule has 0 fully saturated rings. The van der Waals surface area contributed by atoms with Crippen molar-refractivity contribution in [3.8, 4) is 5.75 Å². The summed E-state index contributed by atoms with van der Waals surface area (Å²) in [6, 6.07) is 8.14. The van der Waals surface area contributed by atoms with E-state index in [0.29, 0.717) is 17.0 Å². The summed E-state index contributed by atoms with van der Waals surface area (Å²) >= 11 is 0. The number of hydrogen-bond donors (Lipinski definition) is 2. The van der Waals surface area contributed by atoms with E-state index >= 15 is 0 Å². The fourth-order valence-corrected chi connectivity index (χ4v) is 2.05. The highest BCUT2D eigenvalue weighted by molar-refractivity contribution is 5.92. The number of nitrogens with one attached hydrogen (secondary N) is 1. The number of halogens is 2. The summed E-state index contributed by atoms with van der Waals surface area (Å²) in [6.07, 6.45) is -0.418. The van der Waals surface area contributed by atoms with Gasteiger partial charge in [0.25, 0.3) is 0 Å². The zero-order valence-electron chi connectivity index (χ0n) is 11.9. The first-order chi connectivity index (χ1) is 10.5. The van der Waals surface area contributed by atoms with Crippen LogP contribution in [0.25, 0.3) is 0 Å². The zero-order valence-corrected chi connectivity index (χ0v) is 11.9. The number of amides is 1. The molecular weight excluding hydrogens is 292 g/mol. The molecule has 0 unspecified atom stereocenters. The van der Waals surface area contributed by atoms with Gasteiger partial charge in [0.05, 0.1) is 20.1 Å². The van der Waals surface area contributed by atoms with Crippen LogP contribution in [0.1, 0.15) is 11.1 Å². The molecule has 4 nitrogen and oxygen atoms in total. The highest BCUT2D eigenvalue weighted by Gasteiger charge is 2.13. The van der Waals surface area contributed by atoms with Crippen molar-refractivity contribution in [3.05, 3.63) is 59.2 Å². The zero-order chi connectivity index (χ0) is 16.1. The highest BCUT2D eigenvalue weighted by Crippen LogP contribution is 2.23. The third-order valence-electron chi connectivity index (χ3n) is 3.13. The number of hydrogen-bond acceptors (Lipinski definition) is 3. The predicted molar refractivity (Wildman–Crippen MR) is 77.6 cm³/mol. The molecule has 1 amide bonds. The van der Waals surface area contributed by atoms with E-state index < -0.39 is 24.0 Å². The van der Waals surface area contributed by atoms with Crippen LogP contribution in [-0.4, -0.2) is 18.1 Å². The Morgan fingerprint density at radius 3 is 2.50 bits per heavy atom. The minimum Gasteiger partial charge on any atom is -0.496 e. The first kappa shape index (κ1) is 15.9. The van der Waals surface area contributed by atoms with Crippen LogP contribution in [0.15, 0.2) is 36.4 Å². The summed E-state index contributed by atoms with van der Waals surface area (Å²) in [6.45, 7) is -0.255. The average Bonchev–Trinajstić information content (AvgIpc) is 2.51. The molecule has 0 aliphatic rings. The summed E-state index contributed by atoms with van der Waals surface area (Å²) in [5.74, 6) is -1.60. The van der Waals surface area contributed by atoms with Gasteiger partial charge in [-0.3, -0.25) is 4.79 Å². The van der Waals surface area contributed by atoms with E-state index in [1.54, 1.807) is 12.1 Å². The molecule has 2 aromatic rings. The molecule has 2 rings (SSSR count). The number of anilines is 1. The molecule has 2 aromatic carbocycles. The van der Waals surface area contributed by atoms with Crippen LogP contribution in [0, 0.1) is 11.6 Å². The number of aliphatic hydroxyl groups is 1. The van der Waals surface area contributed by atoms with Crippen molar-refractivity contribution in [1.29, 1.82) is 0 Å². The standard InChI is InChI=1S/C16H15F2NO3/c1-22-15-6-5-11(7-10(15)9-20)19-16(21)8-12-13(17)3-2-4-14(12)18/h2-7,20H,8-9H2,1H3,(H,19,21). The van der Waals surface area contributed by atoms with Crippen molar-refractivity contribution in [1.82, 2.24) is 0 Å². The molecule has 0 radical (unpaired) electrons. The first-order valence-electron chi connectivity index (χ1n) is 6.55. The number of ether oxygens (including phenoxy) is 1. The van der Waals surface area contributed by atoms with E-state index in [-0.39, 0.29) is 12.2 Å². The average molecular weight is 307 g/mol. The maximum Gasteiger partial charge on any atom is 0.229 e. The molecule has 0 spiro atoms. The smallest absolute Gasteiger partial charge is 0.229 e. The number of rotatable bonds is 5. The minimum absolute atomic E-state index is 0.255. The van der Waals surface area contributed by atoms with Gasteiger partial charge in [0.15, 0.2) is 0 Å². The number of aliphatic hydroxyl groups excluding tert-OH is 1. The molecule has 0 saturated carbocycles. The second-order valence-electron chi connectivity index (χ2n) is 4.61. The Kier molecular flexibility index (Phi) is 5.06. The van der Waals surface area contributed by atoms with Gasteiger partial charge in [0, 0.05) is 16.8 Å². The molecule has 2 N–H and O–H groups in total. The molecule has 6 heteroatoms. The fraction of sp³-hybridized carbons (Fsp3) is 0.188. The van der Waals surface area contributed by atoms with Crippen molar-refractivity contribution in [2.24, 2.45) is 0 Å². The lowest BCUT2D eigenvalue weighted by Crippen LogP contribution is -2.16. The molecular formula is C16H15F2NO3. The summed E-state index contributed by atoms with van der Waals surface area (Å²) in [4.78, 5) is 11.9. The van der Waals surface area contributed by atoms with Crippen LogP contribution in [0.5, 0.6) is 5.75 Å². The number of benzene rings is 2. The van der Waals surface area contributed by atoms with Gasteiger partial charge >= 0.3 is 0 Å². The molecule has 0 bridgehead atoms. The Morgan fingerprint density at radius 2 is 1.91 bits per heavy atom. The number of carbonyl (C=O) groups excluding carboxylic acids is 1. The van der Waals surface area contributed by atoms with Gasteiger partial charge in [-0.1, -0.05) is 6.07 Å². The van der Waals surface area contributed by atoms with Crippen LogP contribution in [-0.2, 0) is 17.8 Å². The Labute approximate surface area is 126 Å². The fourth-order valence-electron chi connectivity index (χ4n) is 2.05. The molecule has 0 aliphatic carbocycles. The number of carbonyl (C=O) groups is 1. The van der Waals surface area contributed by atoms with Gasteiger partial charge in [-0.2, -0.15) is 0 Å². The third-order valence-corrected chi connectivity index (χ3v) is 3.13. The molecule has 0 aliphatic heterocycles. The first-order valence-corrected chi connectivity index (χ1v) is 6.55. The molecule has 0 atom stereocenters. The highest BCUT2D eigenvalue weighted by atomic mass is 19.1. The maximum atomic E-state index is 13.5. The Hall–Kier alpha value is -2.47. The maximum absolute atomic E-state index is 13.5. The van der Waals surface area contributed by atoms with E-state index in [4.69, 9.17) is 4.74 Å². The van der Waals surface area contributed by atoms with Gasteiger partial charge < -0.3 is 15.2 Å². The molecule has 22 heavy (non-hydrogen) atoms. The van der Waals surface area contributed by atoms with E-state index in [1.165, 1.54) is 19.2 Å². The second-order valence-corrected chi connectivity index (χ2v) is 4.61. The Balaban J connectivity index is 2.12. The lowest BCUT2D eigenvalue weighted by atomic mass is 10.1. The minimum atomic E-state index is -0.763. The lowest BCUT2D eigenvalue weighted by molar-refractivity contribution is -0.115. The largest absolute Gasteiger partial charge is 0.496 e. The number of methoxy groups -OCH3 is 1. The van der Waals surface area contributed by atoms with Gasteiger partial charge in [-0.15, -0.1) is 0 Å². The van der Waals surface area contributed by atoms with Crippen LogP contribution in [0.3, 0.4) is 0 Å². The second kappa shape index (κ2) is 7.00. The van der Waals surface area contributed by atoms with E-state index in [9.17, 15) is 18.7 Å². The monoisotopic (exact) mass is 307 g/mol. The predicted octanol–water partition coefficient (Wildman–Crippen LogP) is 2.65.